The van der Waals surface area contributed by atoms with Gasteiger partial charge in [-0.15, -0.1) is 0 Å². The van der Waals surface area contributed by atoms with Crippen molar-refractivity contribution in [1.29, 1.82) is 0 Å². The second kappa shape index (κ2) is 6.28. The predicted molar refractivity (Wildman–Crippen MR) is 60.5 cm³/mol. The van der Waals surface area contributed by atoms with Crippen LogP contribution in [0.15, 0.2) is 17.1 Å². The third-order valence-corrected chi connectivity index (χ3v) is 2.31. The summed E-state index contributed by atoms with van der Waals surface area (Å²) in [6, 6.07) is 3.44. The van der Waals surface area contributed by atoms with E-state index in [-0.39, 0.29) is 6.54 Å². The normalized spacial score (nSPS) is 9.69. The largest absolute Gasteiger partial charge is 0.496 e. The second-order valence-electron chi connectivity index (χ2n) is 3.09. The van der Waals surface area contributed by atoms with Gasteiger partial charge in [-0.25, -0.2) is 9.79 Å². The van der Waals surface area contributed by atoms with Crippen LogP contribution in [0.5, 0.6) is 5.75 Å². The lowest BCUT2D eigenvalue weighted by atomic mass is 10.1. The molecule has 0 spiro atoms. The molecule has 0 aliphatic heterocycles. The monoisotopic (exact) mass is 241 g/mol. The lowest BCUT2D eigenvalue weighted by Gasteiger charge is -2.12. The Bertz CT molecular complexity index is 414. The SMILES string of the molecule is COCc1cc(Cl)cc(OC)c1CN=C=O. The minimum Gasteiger partial charge on any atom is -0.496 e. The maximum atomic E-state index is 10.1. The number of hydrogen-bond donors (Lipinski definition) is 0. The Balaban J connectivity index is 3.20. The van der Waals surface area contributed by atoms with Crippen molar-refractivity contribution in [2.45, 2.75) is 13.2 Å². The molecule has 5 heteroatoms. The van der Waals surface area contributed by atoms with E-state index in [0.717, 1.165) is 11.1 Å². The molecule has 0 N–H and O–H groups in total. The number of rotatable bonds is 5. The number of benzene rings is 1. The van der Waals surface area contributed by atoms with Crippen LogP contribution in [0.25, 0.3) is 0 Å². The fourth-order valence-electron chi connectivity index (χ4n) is 1.42. The van der Waals surface area contributed by atoms with Crippen molar-refractivity contribution in [3.63, 3.8) is 0 Å². The topological polar surface area (TPSA) is 47.9 Å². The molecular weight excluding hydrogens is 230 g/mol. The van der Waals surface area contributed by atoms with Crippen molar-refractivity contribution < 1.29 is 14.3 Å². The summed E-state index contributed by atoms with van der Waals surface area (Å²) in [5.41, 5.74) is 1.64. The zero-order valence-electron chi connectivity index (χ0n) is 9.12. The minimum absolute atomic E-state index is 0.211. The first-order valence-electron chi connectivity index (χ1n) is 4.60. The molecule has 0 bridgehead atoms. The summed E-state index contributed by atoms with van der Waals surface area (Å²) in [7, 11) is 3.12. The van der Waals surface area contributed by atoms with Crippen LogP contribution in [0.2, 0.25) is 5.02 Å². The fraction of sp³-hybridized carbons (Fsp3) is 0.364. The second-order valence-corrected chi connectivity index (χ2v) is 3.52. The Morgan fingerprint density at radius 2 is 2.19 bits per heavy atom. The highest BCUT2D eigenvalue weighted by Crippen LogP contribution is 2.28. The number of methoxy groups -OCH3 is 2. The molecule has 1 rings (SSSR count). The molecule has 0 saturated heterocycles. The number of carbonyl (C=O) groups excluding carboxylic acids is 1. The van der Waals surface area contributed by atoms with Gasteiger partial charge in [0.25, 0.3) is 0 Å². The van der Waals surface area contributed by atoms with Gasteiger partial charge in [-0.2, -0.15) is 0 Å². The third kappa shape index (κ3) is 3.07. The van der Waals surface area contributed by atoms with Gasteiger partial charge in [0, 0.05) is 17.7 Å². The van der Waals surface area contributed by atoms with E-state index in [0.29, 0.717) is 17.4 Å². The van der Waals surface area contributed by atoms with Crippen LogP contribution >= 0.6 is 11.6 Å². The maximum Gasteiger partial charge on any atom is 0.235 e. The summed E-state index contributed by atoms with van der Waals surface area (Å²) in [4.78, 5) is 13.7. The van der Waals surface area contributed by atoms with Crippen molar-refractivity contribution in [3.8, 4) is 5.75 Å². The molecule has 1 aromatic rings. The van der Waals surface area contributed by atoms with Gasteiger partial charge in [0.2, 0.25) is 6.08 Å². The van der Waals surface area contributed by atoms with E-state index < -0.39 is 0 Å². The first kappa shape index (κ1) is 12.7. The van der Waals surface area contributed by atoms with Gasteiger partial charge in [0.1, 0.15) is 5.75 Å². The van der Waals surface area contributed by atoms with Crippen LogP contribution in [0.3, 0.4) is 0 Å². The molecule has 0 fully saturated rings. The summed E-state index contributed by atoms with van der Waals surface area (Å²) in [6.45, 7) is 0.600. The molecule has 0 atom stereocenters. The number of aliphatic imine (C=N–C) groups is 1. The Morgan fingerprint density at radius 1 is 1.44 bits per heavy atom. The lowest BCUT2D eigenvalue weighted by molar-refractivity contribution is 0.184. The molecule has 0 radical (unpaired) electrons. The molecule has 0 saturated carbocycles. The van der Waals surface area contributed by atoms with E-state index in [1.54, 1.807) is 19.2 Å². The quantitative estimate of drug-likeness (QED) is 0.587. The Labute approximate surface area is 98.8 Å². The van der Waals surface area contributed by atoms with Crippen molar-refractivity contribution in [2.75, 3.05) is 14.2 Å². The average molecular weight is 242 g/mol. The van der Waals surface area contributed by atoms with Gasteiger partial charge in [0.05, 0.1) is 20.3 Å². The van der Waals surface area contributed by atoms with Crippen LogP contribution in [0.1, 0.15) is 11.1 Å². The van der Waals surface area contributed by atoms with E-state index in [4.69, 9.17) is 21.1 Å². The molecule has 86 valence electrons. The molecule has 0 unspecified atom stereocenters. The van der Waals surface area contributed by atoms with Crippen LogP contribution in [0.4, 0.5) is 0 Å². The zero-order chi connectivity index (χ0) is 12.0. The van der Waals surface area contributed by atoms with Crippen molar-refractivity contribution >= 4 is 17.7 Å². The molecule has 16 heavy (non-hydrogen) atoms. The standard InChI is InChI=1S/C11H12ClNO3/c1-15-6-8-3-9(12)4-11(16-2)10(8)5-13-7-14/h3-4H,5-6H2,1-2H3. The van der Waals surface area contributed by atoms with Crippen molar-refractivity contribution in [2.24, 2.45) is 4.99 Å². The number of isocyanates is 1. The molecule has 1 aromatic carbocycles. The Hall–Kier alpha value is -1.35. The van der Waals surface area contributed by atoms with E-state index in [9.17, 15) is 4.79 Å². The summed E-state index contributed by atoms with van der Waals surface area (Å²) in [6.07, 6.45) is 1.50. The highest BCUT2D eigenvalue weighted by molar-refractivity contribution is 6.30. The number of ether oxygens (including phenoxy) is 2. The maximum absolute atomic E-state index is 10.1. The average Bonchev–Trinajstić information content (AvgIpc) is 2.27. The van der Waals surface area contributed by atoms with E-state index in [1.807, 2.05) is 0 Å². The van der Waals surface area contributed by atoms with Crippen LogP contribution in [-0.2, 0) is 22.7 Å². The first-order valence-corrected chi connectivity index (χ1v) is 4.98. The lowest BCUT2D eigenvalue weighted by Crippen LogP contribution is -1.99. The highest BCUT2D eigenvalue weighted by Gasteiger charge is 2.10. The summed E-state index contributed by atoms with van der Waals surface area (Å²) < 4.78 is 10.2. The molecule has 4 nitrogen and oxygen atoms in total. The first-order chi connectivity index (χ1) is 7.72. The molecular formula is C11H12ClNO3. The summed E-state index contributed by atoms with van der Waals surface area (Å²) in [5.74, 6) is 0.596. The highest BCUT2D eigenvalue weighted by atomic mass is 35.5. The van der Waals surface area contributed by atoms with E-state index in [1.165, 1.54) is 13.2 Å². The molecule has 0 aliphatic carbocycles. The van der Waals surface area contributed by atoms with Gasteiger partial charge in [-0.1, -0.05) is 11.6 Å². The summed E-state index contributed by atoms with van der Waals surface area (Å²) in [5, 5.41) is 0.558. The zero-order valence-corrected chi connectivity index (χ0v) is 9.87. The molecule has 0 aromatic heterocycles. The van der Waals surface area contributed by atoms with Crippen LogP contribution in [-0.4, -0.2) is 20.3 Å². The van der Waals surface area contributed by atoms with Crippen LogP contribution in [0, 0.1) is 0 Å². The third-order valence-electron chi connectivity index (χ3n) is 2.09. The van der Waals surface area contributed by atoms with E-state index >= 15 is 0 Å². The molecule has 0 heterocycles. The number of hydrogen-bond acceptors (Lipinski definition) is 4. The fourth-order valence-corrected chi connectivity index (χ4v) is 1.65. The van der Waals surface area contributed by atoms with Gasteiger partial charge >= 0.3 is 0 Å². The predicted octanol–water partition coefficient (Wildman–Crippen LogP) is 2.33. The van der Waals surface area contributed by atoms with Gasteiger partial charge in [-0.05, 0) is 17.7 Å². The van der Waals surface area contributed by atoms with Crippen molar-refractivity contribution in [1.82, 2.24) is 0 Å². The Kier molecular flexibility index (Phi) is 4.99. The van der Waals surface area contributed by atoms with Gasteiger partial charge in [0.15, 0.2) is 0 Å². The Morgan fingerprint density at radius 3 is 2.75 bits per heavy atom. The van der Waals surface area contributed by atoms with Gasteiger partial charge < -0.3 is 9.47 Å². The van der Waals surface area contributed by atoms with Gasteiger partial charge in [-0.3, -0.25) is 0 Å². The summed E-state index contributed by atoms with van der Waals surface area (Å²) >= 11 is 5.93. The minimum atomic E-state index is 0.211. The molecule has 0 amide bonds. The number of halogens is 1. The molecule has 0 aliphatic rings. The van der Waals surface area contributed by atoms with Crippen molar-refractivity contribution in [3.05, 3.63) is 28.3 Å². The van der Waals surface area contributed by atoms with Crippen LogP contribution < -0.4 is 4.74 Å². The number of nitrogens with zero attached hydrogens (tertiary/aromatic N) is 1. The smallest absolute Gasteiger partial charge is 0.235 e. The van der Waals surface area contributed by atoms with E-state index in [2.05, 4.69) is 4.99 Å².